The first-order valence-corrected chi connectivity index (χ1v) is 7.34. The zero-order valence-corrected chi connectivity index (χ0v) is 13.0. The summed E-state index contributed by atoms with van der Waals surface area (Å²) < 4.78 is 5.24. The number of hydrogen-bond acceptors (Lipinski definition) is 6. The van der Waals surface area contributed by atoms with Gasteiger partial charge in [0.25, 0.3) is 0 Å². The molecule has 0 atom stereocenters. The van der Waals surface area contributed by atoms with Crippen molar-refractivity contribution in [3.63, 3.8) is 0 Å². The first-order chi connectivity index (χ1) is 10.5. The van der Waals surface area contributed by atoms with Crippen LogP contribution in [-0.4, -0.2) is 40.0 Å². The molecule has 0 aliphatic heterocycles. The molecule has 0 spiro atoms. The van der Waals surface area contributed by atoms with Crippen molar-refractivity contribution in [1.29, 1.82) is 0 Å². The molecular weight excluding hydrogens is 330 g/mol. The fraction of sp³-hybridized carbons (Fsp3) is 0.167. The largest absolute Gasteiger partial charge is 0.496 e. The molecule has 2 rings (SSSR count). The number of carbonyl (C=O) groups is 2. The lowest BCUT2D eigenvalue weighted by Gasteiger charge is -2.05. The summed E-state index contributed by atoms with van der Waals surface area (Å²) in [5.74, 6) is 0.484. The Morgan fingerprint density at radius 1 is 1.50 bits per heavy atom. The van der Waals surface area contributed by atoms with Crippen molar-refractivity contribution in [2.75, 3.05) is 12.9 Å². The van der Waals surface area contributed by atoms with Gasteiger partial charge in [-0.3, -0.25) is 15.2 Å². The molecule has 116 valence electrons. The van der Waals surface area contributed by atoms with Crippen molar-refractivity contribution in [2.24, 2.45) is 5.73 Å². The maximum absolute atomic E-state index is 11.3. The van der Waals surface area contributed by atoms with E-state index in [2.05, 4.69) is 15.2 Å². The lowest BCUT2D eigenvalue weighted by molar-refractivity contribution is -0.117. The minimum Gasteiger partial charge on any atom is -0.496 e. The number of imide groups is 1. The van der Waals surface area contributed by atoms with Gasteiger partial charge in [-0.05, 0) is 18.2 Å². The average Bonchev–Trinajstić information content (AvgIpc) is 2.93. The van der Waals surface area contributed by atoms with Crippen LogP contribution in [0, 0.1) is 0 Å². The maximum atomic E-state index is 11.3. The number of urea groups is 1. The molecule has 3 amide bonds. The van der Waals surface area contributed by atoms with Crippen molar-refractivity contribution in [2.45, 2.75) is 5.16 Å². The van der Waals surface area contributed by atoms with Gasteiger partial charge in [-0.2, -0.15) is 0 Å². The summed E-state index contributed by atoms with van der Waals surface area (Å²) in [7, 11) is 1.53. The Kier molecular flexibility index (Phi) is 5.23. The van der Waals surface area contributed by atoms with Crippen LogP contribution in [0.2, 0.25) is 5.02 Å². The number of aromatic amines is 1. The normalized spacial score (nSPS) is 10.3. The molecule has 8 nitrogen and oxygen atoms in total. The Morgan fingerprint density at radius 2 is 2.27 bits per heavy atom. The van der Waals surface area contributed by atoms with Crippen LogP contribution in [0.5, 0.6) is 5.75 Å². The number of methoxy groups -OCH3 is 1. The fourth-order valence-corrected chi connectivity index (χ4v) is 2.37. The highest BCUT2D eigenvalue weighted by molar-refractivity contribution is 7.99. The number of benzene rings is 1. The molecular formula is C12H12ClN5O3S. The second-order valence-corrected chi connectivity index (χ2v) is 5.39. The fourth-order valence-electron chi connectivity index (χ4n) is 1.60. The van der Waals surface area contributed by atoms with E-state index in [4.69, 9.17) is 22.1 Å². The van der Waals surface area contributed by atoms with E-state index in [1.54, 1.807) is 18.2 Å². The SMILES string of the molecule is COc1ccc(Cl)cc1-c1nc(SCC(=O)NC(N)=O)n[nH]1. The number of nitrogens with zero attached hydrogens (tertiary/aromatic N) is 2. The Hall–Kier alpha value is -2.26. The number of primary amides is 1. The third-order valence-electron chi connectivity index (χ3n) is 2.48. The van der Waals surface area contributed by atoms with Gasteiger partial charge in [0, 0.05) is 5.02 Å². The van der Waals surface area contributed by atoms with Crippen LogP contribution in [0.1, 0.15) is 0 Å². The topological polar surface area (TPSA) is 123 Å². The van der Waals surface area contributed by atoms with Crippen molar-refractivity contribution in [3.8, 4) is 17.1 Å². The molecule has 10 heteroatoms. The average molecular weight is 342 g/mol. The van der Waals surface area contributed by atoms with Gasteiger partial charge in [0.05, 0.1) is 18.4 Å². The molecule has 0 aliphatic carbocycles. The zero-order valence-electron chi connectivity index (χ0n) is 11.4. The quantitative estimate of drug-likeness (QED) is 0.707. The minimum absolute atomic E-state index is 0.0348. The smallest absolute Gasteiger partial charge is 0.318 e. The lowest BCUT2D eigenvalue weighted by atomic mass is 10.2. The highest BCUT2D eigenvalue weighted by Crippen LogP contribution is 2.31. The van der Waals surface area contributed by atoms with E-state index in [1.165, 1.54) is 7.11 Å². The van der Waals surface area contributed by atoms with E-state index in [1.807, 2.05) is 5.32 Å². The minimum atomic E-state index is -0.898. The summed E-state index contributed by atoms with van der Waals surface area (Å²) >= 11 is 7.02. The number of nitrogens with two attached hydrogens (primary N) is 1. The molecule has 1 aromatic carbocycles. The number of carbonyl (C=O) groups excluding carboxylic acids is 2. The van der Waals surface area contributed by atoms with Crippen LogP contribution in [0.25, 0.3) is 11.4 Å². The Balaban J connectivity index is 2.10. The summed E-state index contributed by atoms with van der Waals surface area (Å²) in [6, 6.07) is 4.21. The second-order valence-electron chi connectivity index (χ2n) is 4.01. The van der Waals surface area contributed by atoms with Crippen molar-refractivity contribution >= 4 is 35.3 Å². The van der Waals surface area contributed by atoms with Gasteiger partial charge in [-0.1, -0.05) is 23.4 Å². The highest BCUT2D eigenvalue weighted by atomic mass is 35.5. The number of halogens is 1. The van der Waals surface area contributed by atoms with Gasteiger partial charge >= 0.3 is 6.03 Å². The van der Waals surface area contributed by atoms with Crippen LogP contribution >= 0.6 is 23.4 Å². The van der Waals surface area contributed by atoms with Crippen LogP contribution in [0.15, 0.2) is 23.4 Å². The standard InChI is InChI=1S/C12H12ClN5O3S/c1-21-8-3-2-6(13)4-7(8)10-16-12(18-17-10)22-5-9(19)15-11(14)20/h2-4H,5H2,1H3,(H,16,17,18)(H3,14,15,19,20). The van der Waals surface area contributed by atoms with Crippen molar-refractivity contribution in [1.82, 2.24) is 20.5 Å². The monoisotopic (exact) mass is 341 g/mol. The predicted octanol–water partition coefficient (Wildman–Crippen LogP) is 1.42. The third kappa shape index (κ3) is 4.12. The first-order valence-electron chi connectivity index (χ1n) is 5.98. The van der Waals surface area contributed by atoms with Crippen LogP contribution in [-0.2, 0) is 4.79 Å². The van der Waals surface area contributed by atoms with Gasteiger partial charge in [0.2, 0.25) is 11.1 Å². The van der Waals surface area contributed by atoms with E-state index in [0.29, 0.717) is 27.3 Å². The summed E-state index contributed by atoms with van der Waals surface area (Å²) in [5.41, 5.74) is 5.49. The molecule has 0 radical (unpaired) electrons. The van der Waals surface area contributed by atoms with Gasteiger partial charge in [0.1, 0.15) is 5.75 Å². The van der Waals surface area contributed by atoms with Crippen molar-refractivity contribution < 1.29 is 14.3 Å². The van der Waals surface area contributed by atoms with Gasteiger partial charge in [0.15, 0.2) is 5.82 Å². The molecule has 0 aliphatic rings. The van der Waals surface area contributed by atoms with E-state index in [9.17, 15) is 9.59 Å². The Bertz CT molecular complexity index is 706. The summed E-state index contributed by atoms with van der Waals surface area (Å²) in [6.07, 6.45) is 0. The number of amides is 3. The summed E-state index contributed by atoms with van der Waals surface area (Å²) in [5, 5.41) is 9.55. The molecule has 4 N–H and O–H groups in total. The number of hydrogen-bond donors (Lipinski definition) is 3. The van der Waals surface area contributed by atoms with E-state index >= 15 is 0 Å². The van der Waals surface area contributed by atoms with E-state index in [-0.39, 0.29) is 5.75 Å². The first kappa shape index (κ1) is 16.1. The number of aromatic nitrogens is 3. The summed E-state index contributed by atoms with van der Waals surface area (Å²) in [4.78, 5) is 26.1. The van der Waals surface area contributed by atoms with Crippen LogP contribution < -0.4 is 15.8 Å². The molecule has 0 bridgehead atoms. The van der Waals surface area contributed by atoms with Crippen LogP contribution in [0.3, 0.4) is 0 Å². The number of H-pyrrole nitrogens is 1. The molecule has 22 heavy (non-hydrogen) atoms. The second kappa shape index (κ2) is 7.14. The van der Waals surface area contributed by atoms with E-state index in [0.717, 1.165) is 11.8 Å². The molecule has 0 saturated carbocycles. The molecule has 1 aromatic heterocycles. The predicted molar refractivity (Wildman–Crippen MR) is 81.8 cm³/mol. The molecule has 2 aromatic rings. The highest BCUT2D eigenvalue weighted by Gasteiger charge is 2.13. The lowest BCUT2D eigenvalue weighted by Crippen LogP contribution is -2.36. The number of ether oxygens (including phenoxy) is 1. The van der Waals surface area contributed by atoms with E-state index < -0.39 is 11.9 Å². The molecule has 0 unspecified atom stereocenters. The van der Waals surface area contributed by atoms with Gasteiger partial charge in [-0.15, -0.1) is 5.10 Å². The van der Waals surface area contributed by atoms with Gasteiger partial charge in [-0.25, -0.2) is 9.78 Å². The van der Waals surface area contributed by atoms with Crippen molar-refractivity contribution in [3.05, 3.63) is 23.2 Å². The van der Waals surface area contributed by atoms with Crippen LogP contribution in [0.4, 0.5) is 4.79 Å². The molecule has 1 heterocycles. The van der Waals surface area contributed by atoms with Gasteiger partial charge < -0.3 is 10.5 Å². The number of nitrogens with one attached hydrogen (secondary N) is 2. The maximum Gasteiger partial charge on any atom is 0.318 e. The Morgan fingerprint density at radius 3 is 2.95 bits per heavy atom. The number of thioether (sulfide) groups is 1. The number of rotatable bonds is 5. The summed E-state index contributed by atoms with van der Waals surface area (Å²) in [6.45, 7) is 0. The zero-order chi connectivity index (χ0) is 16.1. The molecule has 0 saturated heterocycles. The molecule has 0 fully saturated rings. The third-order valence-corrected chi connectivity index (χ3v) is 3.56. The Labute approximate surface area is 134 Å².